The van der Waals surface area contributed by atoms with Gasteiger partial charge in [-0.25, -0.2) is 0 Å². The molecule has 0 aromatic heterocycles. The lowest BCUT2D eigenvalue weighted by molar-refractivity contribution is 0.181. The molecule has 2 aliphatic carbocycles. The Morgan fingerprint density at radius 3 is 1.65 bits per heavy atom. The van der Waals surface area contributed by atoms with Gasteiger partial charge in [-0.2, -0.15) is 0 Å². The molecule has 2 atom stereocenters. The van der Waals surface area contributed by atoms with E-state index in [1.807, 2.05) is 12.2 Å². The molecule has 0 heterocycles. The van der Waals surface area contributed by atoms with Crippen LogP contribution in [0.5, 0.6) is 0 Å². The third kappa shape index (κ3) is 5.88. The summed E-state index contributed by atoms with van der Waals surface area (Å²) in [7, 11) is 0. The van der Waals surface area contributed by atoms with Crippen molar-refractivity contribution >= 4 is 31.9 Å². The van der Waals surface area contributed by atoms with Crippen LogP contribution in [0.4, 0.5) is 0 Å². The second-order valence-corrected chi connectivity index (χ2v) is 7.19. The molecule has 2 nitrogen and oxygen atoms in total. The van der Waals surface area contributed by atoms with Gasteiger partial charge in [0.25, 0.3) is 0 Å². The maximum absolute atomic E-state index is 5.70. The Hall–Kier alpha value is -0.480. The molecule has 2 unspecified atom stereocenters. The van der Waals surface area contributed by atoms with E-state index in [1.54, 1.807) is 0 Å². The highest BCUT2D eigenvalue weighted by molar-refractivity contribution is 9.09. The van der Waals surface area contributed by atoms with Crippen molar-refractivity contribution in [1.29, 1.82) is 0 Å². The maximum Gasteiger partial charge on any atom is 0.115 e. The Labute approximate surface area is 137 Å². The zero-order chi connectivity index (χ0) is 14.2. The summed E-state index contributed by atoms with van der Waals surface area (Å²) in [4.78, 5) is 0.915. The van der Waals surface area contributed by atoms with Crippen molar-refractivity contribution in [2.75, 3.05) is 13.2 Å². The molecule has 0 spiro atoms. The molecule has 0 saturated carbocycles. The van der Waals surface area contributed by atoms with Crippen LogP contribution in [0.2, 0.25) is 0 Å². The molecule has 4 heteroatoms. The summed E-state index contributed by atoms with van der Waals surface area (Å²) in [5, 5.41) is 0. The molecule has 0 bridgehead atoms. The van der Waals surface area contributed by atoms with Crippen LogP contribution in [0, 0.1) is 0 Å². The number of unbranched alkanes of at least 4 members (excludes halogenated alkanes) is 1. The highest BCUT2D eigenvalue weighted by atomic mass is 79.9. The van der Waals surface area contributed by atoms with Crippen molar-refractivity contribution in [3.05, 3.63) is 48.0 Å². The fourth-order valence-corrected chi connectivity index (χ4v) is 2.63. The monoisotopic (exact) mass is 402 g/mol. The molecule has 0 radical (unpaired) electrons. The number of ether oxygens (including phenoxy) is 2. The summed E-state index contributed by atoms with van der Waals surface area (Å²) in [6.07, 6.45) is 16.6. The van der Waals surface area contributed by atoms with Crippen molar-refractivity contribution in [3.8, 4) is 0 Å². The lowest BCUT2D eigenvalue weighted by atomic mass is 10.2. The normalized spacial score (nSPS) is 25.1. The third-order valence-electron chi connectivity index (χ3n) is 3.10. The molecule has 0 saturated heterocycles. The number of hydrogen-bond acceptors (Lipinski definition) is 2. The van der Waals surface area contributed by atoms with E-state index in [0.29, 0.717) is 9.65 Å². The topological polar surface area (TPSA) is 18.5 Å². The van der Waals surface area contributed by atoms with E-state index >= 15 is 0 Å². The van der Waals surface area contributed by atoms with Gasteiger partial charge >= 0.3 is 0 Å². The van der Waals surface area contributed by atoms with Gasteiger partial charge in [0.05, 0.1) is 13.2 Å². The molecule has 110 valence electrons. The van der Waals surface area contributed by atoms with Gasteiger partial charge in [-0.3, -0.25) is 0 Å². The van der Waals surface area contributed by atoms with Gasteiger partial charge in [0.2, 0.25) is 0 Å². The highest BCUT2D eigenvalue weighted by Crippen LogP contribution is 2.18. The molecular weight excluding hydrogens is 384 g/mol. The summed E-state index contributed by atoms with van der Waals surface area (Å²) >= 11 is 7.08. The standard InChI is InChI=1S/C16H20Br2O2/c17-13-3-7-15(8-4-13)19-11-1-2-12-20-16-9-5-14(18)6-10-16/h3,5,7-10,13-14H,1-2,4,6,11-12H2. The molecule has 20 heavy (non-hydrogen) atoms. The van der Waals surface area contributed by atoms with E-state index in [4.69, 9.17) is 9.47 Å². The Morgan fingerprint density at radius 2 is 1.30 bits per heavy atom. The second-order valence-electron chi connectivity index (χ2n) is 4.84. The van der Waals surface area contributed by atoms with Gasteiger partial charge in [0, 0.05) is 9.65 Å². The fourth-order valence-electron chi connectivity index (χ4n) is 1.95. The smallest absolute Gasteiger partial charge is 0.115 e. The van der Waals surface area contributed by atoms with E-state index in [1.165, 1.54) is 0 Å². The quantitative estimate of drug-likeness (QED) is 0.439. The van der Waals surface area contributed by atoms with Gasteiger partial charge in [-0.15, -0.1) is 0 Å². The Bertz CT molecular complexity index is 384. The van der Waals surface area contributed by atoms with Crippen LogP contribution < -0.4 is 0 Å². The van der Waals surface area contributed by atoms with Crippen LogP contribution in [0.3, 0.4) is 0 Å². The lowest BCUT2D eigenvalue weighted by Crippen LogP contribution is -2.03. The van der Waals surface area contributed by atoms with Crippen molar-refractivity contribution in [3.63, 3.8) is 0 Å². The van der Waals surface area contributed by atoms with Gasteiger partial charge in [-0.05, 0) is 50.0 Å². The number of rotatable bonds is 7. The summed E-state index contributed by atoms with van der Waals surface area (Å²) < 4.78 is 11.4. The summed E-state index contributed by atoms with van der Waals surface area (Å²) in [6.45, 7) is 1.51. The van der Waals surface area contributed by atoms with Crippen molar-refractivity contribution in [1.82, 2.24) is 0 Å². The maximum atomic E-state index is 5.70. The summed E-state index contributed by atoms with van der Waals surface area (Å²) in [5.74, 6) is 1.98. The average molecular weight is 404 g/mol. The molecule has 2 rings (SSSR count). The Kier molecular flexibility index (Phi) is 6.94. The Balaban J connectivity index is 1.50. The largest absolute Gasteiger partial charge is 0.494 e. The number of halogens is 2. The molecular formula is C16H20Br2O2. The van der Waals surface area contributed by atoms with Crippen LogP contribution in [-0.4, -0.2) is 22.9 Å². The minimum atomic E-state index is 0.458. The van der Waals surface area contributed by atoms with Gasteiger partial charge < -0.3 is 9.47 Å². The first-order chi connectivity index (χ1) is 9.74. The van der Waals surface area contributed by atoms with Gasteiger partial charge in [-0.1, -0.05) is 44.0 Å². The second kappa shape index (κ2) is 8.73. The van der Waals surface area contributed by atoms with Crippen LogP contribution in [0.25, 0.3) is 0 Å². The third-order valence-corrected chi connectivity index (χ3v) is 4.46. The van der Waals surface area contributed by atoms with Crippen molar-refractivity contribution < 1.29 is 9.47 Å². The van der Waals surface area contributed by atoms with Crippen molar-refractivity contribution in [2.45, 2.75) is 35.3 Å². The van der Waals surface area contributed by atoms with E-state index in [-0.39, 0.29) is 0 Å². The molecule has 0 fully saturated rings. The molecule has 0 amide bonds. The molecule has 0 aliphatic heterocycles. The molecule has 0 aromatic carbocycles. The summed E-state index contributed by atoms with van der Waals surface area (Å²) in [5.41, 5.74) is 0. The molecule has 0 aromatic rings. The fraction of sp³-hybridized carbons (Fsp3) is 0.500. The zero-order valence-corrected chi connectivity index (χ0v) is 14.6. The predicted molar refractivity (Wildman–Crippen MR) is 90.2 cm³/mol. The number of alkyl halides is 2. The van der Waals surface area contributed by atoms with Crippen LogP contribution in [0.1, 0.15) is 25.7 Å². The minimum absolute atomic E-state index is 0.458. The van der Waals surface area contributed by atoms with E-state index < -0.39 is 0 Å². The minimum Gasteiger partial charge on any atom is -0.494 e. The first kappa shape index (κ1) is 15.9. The predicted octanol–water partition coefficient (Wildman–Crippen LogP) is 5.01. The molecule has 0 N–H and O–H groups in total. The zero-order valence-electron chi connectivity index (χ0n) is 11.4. The lowest BCUT2D eigenvalue weighted by Gasteiger charge is -2.13. The van der Waals surface area contributed by atoms with Gasteiger partial charge in [0.1, 0.15) is 11.5 Å². The average Bonchev–Trinajstić information content (AvgIpc) is 2.46. The first-order valence-corrected chi connectivity index (χ1v) is 8.87. The Morgan fingerprint density at radius 1 is 0.850 bits per heavy atom. The number of allylic oxidation sites excluding steroid dienone is 6. The first-order valence-electron chi connectivity index (χ1n) is 7.04. The van der Waals surface area contributed by atoms with Crippen molar-refractivity contribution in [2.24, 2.45) is 0 Å². The van der Waals surface area contributed by atoms with Crippen LogP contribution in [-0.2, 0) is 9.47 Å². The SMILES string of the molecule is BrC1C=CC(OCCCCOC2=CCC(Br)C=C2)=CC1. The van der Waals surface area contributed by atoms with Crippen LogP contribution >= 0.6 is 31.9 Å². The highest BCUT2D eigenvalue weighted by Gasteiger charge is 2.06. The number of hydrogen-bond donors (Lipinski definition) is 0. The molecule has 2 aliphatic rings. The van der Waals surface area contributed by atoms with E-state index in [9.17, 15) is 0 Å². The van der Waals surface area contributed by atoms with E-state index in [2.05, 4.69) is 56.2 Å². The van der Waals surface area contributed by atoms with Crippen LogP contribution in [0.15, 0.2) is 48.0 Å². The van der Waals surface area contributed by atoms with E-state index in [0.717, 1.165) is 50.4 Å². The summed E-state index contributed by atoms with van der Waals surface area (Å²) in [6, 6.07) is 0. The van der Waals surface area contributed by atoms with Gasteiger partial charge in [0.15, 0.2) is 0 Å².